The number of Topliss-reactive ketones (excluding diaryl/α,β-unsaturated/α-hetero) is 1. The highest BCUT2D eigenvalue weighted by Gasteiger charge is 2.46. The number of benzene rings is 2. The standard InChI is InChI=1S/C25H28ClNO6/c1-15(2)33-12-6-11-27-22(16-7-5-8-17(13-16)31-3)21(24(29)25(27)30)23(28)19-14-18(32-4)9-10-20(19)26/h5,7-10,13-15,22,28H,6,11-12H2,1-4H3/b23-21+. The van der Waals surface area contributed by atoms with Gasteiger partial charge < -0.3 is 24.2 Å². The monoisotopic (exact) mass is 473 g/mol. The Labute approximate surface area is 198 Å². The number of halogens is 1. The molecule has 7 nitrogen and oxygen atoms in total. The van der Waals surface area contributed by atoms with Gasteiger partial charge in [-0.25, -0.2) is 0 Å². The second-order valence-electron chi connectivity index (χ2n) is 7.89. The van der Waals surface area contributed by atoms with Gasteiger partial charge in [-0.15, -0.1) is 0 Å². The number of ether oxygens (including phenoxy) is 3. The molecule has 8 heteroatoms. The van der Waals surface area contributed by atoms with Gasteiger partial charge in [0.1, 0.15) is 17.3 Å². The number of methoxy groups -OCH3 is 2. The van der Waals surface area contributed by atoms with Crippen molar-refractivity contribution in [3.8, 4) is 11.5 Å². The third kappa shape index (κ3) is 5.31. The molecule has 1 amide bonds. The first-order valence-electron chi connectivity index (χ1n) is 10.7. The van der Waals surface area contributed by atoms with E-state index in [1.807, 2.05) is 13.8 Å². The van der Waals surface area contributed by atoms with E-state index in [0.29, 0.717) is 30.1 Å². The molecule has 0 aromatic heterocycles. The average Bonchev–Trinajstić information content (AvgIpc) is 3.06. The predicted octanol–water partition coefficient (Wildman–Crippen LogP) is 4.59. The number of likely N-dealkylation sites (tertiary alicyclic amines) is 1. The van der Waals surface area contributed by atoms with E-state index in [9.17, 15) is 14.7 Å². The lowest BCUT2D eigenvalue weighted by molar-refractivity contribution is -0.140. The van der Waals surface area contributed by atoms with E-state index in [0.717, 1.165) is 0 Å². The van der Waals surface area contributed by atoms with E-state index in [1.54, 1.807) is 36.4 Å². The number of aliphatic hydroxyl groups is 1. The number of hydrogen-bond acceptors (Lipinski definition) is 6. The van der Waals surface area contributed by atoms with Gasteiger partial charge in [-0.2, -0.15) is 0 Å². The first-order chi connectivity index (χ1) is 15.8. The maximum Gasteiger partial charge on any atom is 0.295 e. The molecular weight excluding hydrogens is 446 g/mol. The van der Waals surface area contributed by atoms with Crippen molar-refractivity contribution in [3.63, 3.8) is 0 Å². The Morgan fingerprint density at radius 3 is 2.45 bits per heavy atom. The Hall–Kier alpha value is -3.03. The minimum Gasteiger partial charge on any atom is -0.507 e. The van der Waals surface area contributed by atoms with Gasteiger partial charge in [0.05, 0.1) is 37.0 Å². The Bertz CT molecular complexity index is 1060. The third-order valence-electron chi connectivity index (χ3n) is 5.37. The van der Waals surface area contributed by atoms with Crippen LogP contribution < -0.4 is 9.47 Å². The van der Waals surface area contributed by atoms with E-state index >= 15 is 0 Å². The maximum atomic E-state index is 13.1. The van der Waals surface area contributed by atoms with Crippen molar-refractivity contribution < 1.29 is 28.9 Å². The number of nitrogens with zero attached hydrogens (tertiary/aromatic N) is 1. The third-order valence-corrected chi connectivity index (χ3v) is 5.70. The quantitative estimate of drug-likeness (QED) is 0.248. The first kappa shape index (κ1) is 24.6. The summed E-state index contributed by atoms with van der Waals surface area (Å²) in [5.74, 6) is -0.789. The molecule has 1 N–H and O–H groups in total. The van der Waals surface area contributed by atoms with Crippen LogP contribution in [-0.4, -0.2) is 55.2 Å². The van der Waals surface area contributed by atoms with E-state index in [-0.39, 0.29) is 34.6 Å². The van der Waals surface area contributed by atoms with Crippen LogP contribution in [0.25, 0.3) is 5.76 Å². The fraction of sp³-hybridized carbons (Fsp3) is 0.360. The molecule has 3 rings (SSSR count). The smallest absolute Gasteiger partial charge is 0.295 e. The van der Waals surface area contributed by atoms with Gasteiger partial charge >= 0.3 is 0 Å². The minimum absolute atomic E-state index is 0.0341. The number of rotatable bonds is 9. The Kier molecular flexibility index (Phi) is 8.00. The van der Waals surface area contributed by atoms with Crippen molar-refractivity contribution in [3.05, 3.63) is 64.2 Å². The van der Waals surface area contributed by atoms with Gasteiger partial charge in [-0.05, 0) is 56.2 Å². The lowest BCUT2D eigenvalue weighted by Gasteiger charge is -2.26. The highest BCUT2D eigenvalue weighted by atomic mass is 35.5. The predicted molar refractivity (Wildman–Crippen MR) is 126 cm³/mol. The summed E-state index contributed by atoms with van der Waals surface area (Å²) in [7, 11) is 3.02. The van der Waals surface area contributed by atoms with Crippen molar-refractivity contribution in [2.24, 2.45) is 0 Å². The van der Waals surface area contributed by atoms with Crippen molar-refractivity contribution in [2.75, 3.05) is 27.4 Å². The van der Waals surface area contributed by atoms with Crippen LogP contribution in [0.2, 0.25) is 5.02 Å². The van der Waals surface area contributed by atoms with Crippen molar-refractivity contribution in [1.29, 1.82) is 0 Å². The van der Waals surface area contributed by atoms with Crippen LogP contribution in [0.3, 0.4) is 0 Å². The lowest BCUT2D eigenvalue weighted by Crippen LogP contribution is -2.31. The number of ketones is 1. The summed E-state index contributed by atoms with van der Waals surface area (Å²) in [6.45, 7) is 4.58. The second-order valence-corrected chi connectivity index (χ2v) is 8.30. The normalized spacial score (nSPS) is 17.6. The van der Waals surface area contributed by atoms with E-state index in [4.69, 9.17) is 25.8 Å². The fourth-order valence-corrected chi connectivity index (χ4v) is 3.99. The molecule has 0 aliphatic carbocycles. The second kappa shape index (κ2) is 10.7. The molecule has 1 saturated heterocycles. The molecule has 1 aliphatic heterocycles. The van der Waals surface area contributed by atoms with Gasteiger partial charge in [0.2, 0.25) is 0 Å². The molecule has 33 heavy (non-hydrogen) atoms. The molecule has 0 bridgehead atoms. The number of carbonyl (C=O) groups excluding carboxylic acids is 2. The summed E-state index contributed by atoms with van der Waals surface area (Å²) in [4.78, 5) is 27.6. The molecule has 1 unspecified atom stereocenters. The van der Waals surface area contributed by atoms with E-state index < -0.39 is 17.7 Å². The lowest BCUT2D eigenvalue weighted by atomic mass is 9.95. The molecule has 0 saturated carbocycles. The maximum absolute atomic E-state index is 13.1. The summed E-state index contributed by atoms with van der Waals surface area (Å²) >= 11 is 6.32. The molecule has 176 valence electrons. The van der Waals surface area contributed by atoms with E-state index in [1.165, 1.54) is 25.2 Å². The molecule has 1 atom stereocenters. The highest BCUT2D eigenvalue weighted by molar-refractivity contribution is 6.47. The summed E-state index contributed by atoms with van der Waals surface area (Å²) in [5, 5.41) is 11.4. The van der Waals surface area contributed by atoms with Crippen molar-refractivity contribution in [2.45, 2.75) is 32.4 Å². The zero-order chi connectivity index (χ0) is 24.1. The van der Waals surface area contributed by atoms with Gasteiger partial charge in [0.25, 0.3) is 11.7 Å². The van der Waals surface area contributed by atoms with Crippen LogP contribution in [0.15, 0.2) is 48.0 Å². The molecule has 1 aliphatic rings. The van der Waals surface area contributed by atoms with Crippen LogP contribution in [0.5, 0.6) is 11.5 Å². The number of aliphatic hydroxyl groups excluding tert-OH is 1. The van der Waals surface area contributed by atoms with Gasteiger partial charge in [-0.1, -0.05) is 23.7 Å². The zero-order valence-electron chi connectivity index (χ0n) is 19.1. The molecule has 0 spiro atoms. The minimum atomic E-state index is -0.804. The van der Waals surface area contributed by atoms with Crippen molar-refractivity contribution >= 4 is 29.1 Å². The molecule has 2 aromatic carbocycles. The summed E-state index contributed by atoms with van der Waals surface area (Å²) in [6.07, 6.45) is 0.593. The summed E-state index contributed by atoms with van der Waals surface area (Å²) in [6, 6.07) is 11.0. The molecule has 0 radical (unpaired) electrons. The molecule has 1 heterocycles. The Balaban J connectivity index is 2.11. The summed E-state index contributed by atoms with van der Waals surface area (Å²) < 4.78 is 16.2. The zero-order valence-corrected chi connectivity index (χ0v) is 19.9. The molecule has 1 fully saturated rings. The van der Waals surface area contributed by atoms with Gasteiger partial charge in [-0.3, -0.25) is 9.59 Å². The van der Waals surface area contributed by atoms with Gasteiger partial charge in [0, 0.05) is 18.7 Å². The first-order valence-corrected chi connectivity index (χ1v) is 11.0. The van der Waals surface area contributed by atoms with Crippen molar-refractivity contribution in [1.82, 2.24) is 4.90 Å². The molecule has 2 aromatic rings. The molecular formula is C25H28ClNO6. The van der Waals surface area contributed by atoms with Crippen LogP contribution in [0.4, 0.5) is 0 Å². The van der Waals surface area contributed by atoms with Crippen LogP contribution >= 0.6 is 11.6 Å². The average molecular weight is 474 g/mol. The van der Waals surface area contributed by atoms with Crippen LogP contribution in [-0.2, 0) is 14.3 Å². The van der Waals surface area contributed by atoms with Crippen LogP contribution in [0.1, 0.15) is 37.4 Å². The topological polar surface area (TPSA) is 85.3 Å². The highest BCUT2D eigenvalue weighted by Crippen LogP contribution is 2.41. The SMILES string of the molecule is COc1cccc(C2/C(=C(\O)c3cc(OC)ccc3Cl)C(=O)C(=O)N2CCCOC(C)C)c1. The number of amides is 1. The fourth-order valence-electron chi connectivity index (χ4n) is 3.78. The van der Waals surface area contributed by atoms with Crippen LogP contribution in [0, 0.1) is 0 Å². The number of carbonyl (C=O) groups is 2. The Morgan fingerprint density at radius 2 is 1.79 bits per heavy atom. The largest absolute Gasteiger partial charge is 0.507 e. The number of hydrogen-bond donors (Lipinski definition) is 1. The van der Waals surface area contributed by atoms with Gasteiger partial charge in [0.15, 0.2) is 0 Å². The van der Waals surface area contributed by atoms with E-state index in [2.05, 4.69) is 0 Å². The Morgan fingerprint density at radius 1 is 1.09 bits per heavy atom. The summed E-state index contributed by atoms with van der Waals surface area (Å²) in [5.41, 5.74) is 0.817.